The third-order valence-corrected chi connectivity index (χ3v) is 1.41. The summed E-state index contributed by atoms with van der Waals surface area (Å²) >= 11 is 0. The van der Waals surface area contributed by atoms with Crippen LogP contribution < -0.4 is 11.5 Å². The lowest BCUT2D eigenvalue weighted by Gasteiger charge is -1.97. The van der Waals surface area contributed by atoms with E-state index in [1.807, 2.05) is 0 Å². The minimum absolute atomic E-state index is 0.251. The Balaban J connectivity index is 3.01. The summed E-state index contributed by atoms with van der Waals surface area (Å²) in [7, 11) is 0. The van der Waals surface area contributed by atoms with E-state index in [0.717, 1.165) is 6.21 Å². The van der Waals surface area contributed by atoms with Gasteiger partial charge in [-0.2, -0.15) is 5.10 Å². The number of halogens is 3. The summed E-state index contributed by atoms with van der Waals surface area (Å²) in [6.45, 7) is 0. The van der Waals surface area contributed by atoms with Gasteiger partial charge in [-0.1, -0.05) is 0 Å². The van der Waals surface area contributed by atoms with Crippen LogP contribution in [0.5, 0.6) is 0 Å². The minimum atomic E-state index is -1.27. The van der Waals surface area contributed by atoms with Crippen LogP contribution >= 0.6 is 0 Å². The Labute approximate surface area is 83.1 Å². The van der Waals surface area contributed by atoms with Gasteiger partial charge in [-0.25, -0.2) is 13.2 Å². The maximum Gasteiger partial charge on any atom is 0.211 e. The summed E-state index contributed by atoms with van der Waals surface area (Å²) < 4.78 is 38.1. The molecule has 0 atom stereocenters. The number of rotatable bonds is 2. The highest BCUT2D eigenvalue weighted by Gasteiger charge is 2.07. The molecular formula is C8H7F3N4. The van der Waals surface area contributed by atoms with Gasteiger partial charge in [-0.3, -0.25) is 0 Å². The monoisotopic (exact) mass is 216 g/mol. The third kappa shape index (κ3) is 2.97. The molecule has 0 amide bonds. The smallest absolute Gasteiger partial charge is 0.211 e. The molecule has 80 valence electrons. The van der Waals surface area contributed by atoms with Crippen molar-refractivity contribution in [2.45, 2.75) is 0 Å². The van der Waals surface area contributed by atoms with Gasteiger partial charge in [0, 0.05) is 11.6 Å². The van der Waals surface area contributed by atoms with Gasteiger partial charge in [0.25, 0.3) is 0 Å². The van der Waals surface area contributed by atoms with Crippen LogP contribution in [0.25, 0.3) is 0 Å². The van der Waals surface area contributed by atoms with Crippen molar-refractivity contribution in [2.75, 3.05) is 0 Å². The molecule has 1 aromatic carbocycles. The highest BCUT2D eigenvalue weighted by atomic mass is 19.2. The van der Waals surface area contributed by atoms with Gasteiger partial charge in [-0.05, 0) is 6.07 Å². The Kier molecular flexibility index (Phi) is 3.27. The molecule has 0 saturated carbocycles. The molecule has 1 rings (SSSR count). The van der Waals surface area contributed by atoms with E-state index in [1.54, 1.807) is 0 Å². The Hall–Kier alpha value is -2.05. The Morgan fingerprint density at radius 1 is 1.07 bits per heavy atom. The van der Waals surface area contributed by atoms with Crippen molar-refractivity contribution in [1.29, 1.82) is 0 Å². The van der Waals surface area contributed by atoms with E-state index in [9.17, 15) is 13.2 Å². The fourth-order valence-electron chi connectivity index (χ4n) is 0.795. The first-order valence-electron chi connectivity index (χ1n) is 3.77. The van der Waals surface area contributed by atoms with Crippen molar-refractivity contribution in [3.05, 3.63) is 35.1 Å². The highest BCUT2D eigenvalue weighted by Crippen LogP contribution is 2.11. The van der Waals surface area contributed by atoms with Crippen LogP contribution in [-0.2, 0) is 0 Å². The third-order valence-electron chi connectivity index (χ3n) is 1.41. The van der Waals surface area contributed by atoms with E-state index in [4.69, 9.17) is 11.5 Å². The average Bonchev–Trinajstić information content (AvgIpc) is 2.13. The first-order valence-corrected chi connectivity index (χ1v) is 3.77. The van der Waals surface area contributed by atoms with Crippen molar-refractivity contribution in [3.63, 3.8) is 0 Å². The molecule has 0 bridgehead atoms. The summed E-state index contributed by atoms with van der Waals surface area (Å²) in [5.41, 5.74) is 9.62. The quantitative estimate of drug-likeness (QED) is 0.330. The van der Waals surface area contributed by atoms with Gasteiger partial charge in [0.05, 0.1) is 6.21 Å². The normalized spacial score (nSPS) is 10.6. The van der Waals surface area contributed by atoms with Crippen LogP contribution in [0.2, 0.25) is 0 Å². The molecule has 0 unspecified atom stereocenters. The van der Waals surface area contributed by atoms with Gasteiger partial charge in [0.15, 0.2) is 11.6 Å². The Bertz CT molecular complexity index is 424. The molecule has 7 heteroatoms. The zero-order valence-electron chi connectivity index (χ0n) is 7.42. The second-order valence-electron chi connectivity index (χ2n) is 2.56. The van der Waals surface area contributed by atoms with Crippen molar-refractivity contribution in [3.8, 4) is 0 Å². The van der Waals surface area contributed by atoms with Gasteiger partial charge in [0.1, 0.15) is 5.82 Å². The molecule has 4 N–H and O–H groups in total. The maximum absolute atomic E-state index is 12.9. The van der Waals surface area contributed by atoms with Crippen LogP contribution in [0, 0.1) is 17.5 Å². The second kappa shape index (κ2) is 4.45. The lowest BCUT2D eigenvalue weighted by atomic mass is 10.2. The summed E-state index contributed by atoms with van der Waals surface area (Å²) in [6, 6.07) is 1.06. The lowest BCUT2D eigenvalue weighted by Crippen LogP contribution is -2.21. The van der Waals surface area contributed by atoms with Crippen LogP contribution in [0.3, 0.4) is 0 Å². The Morgan fingerprint density at radius 2 is 1.67 bits per heavy atom. The molecule has 4 nitrogen and oxygen atoms in total. The number of benzene rings is 1. The largest absolute Gasteiger partial charge is 0.369 e. The molecule has 0 fully saturated rings. The average molecular weight is 216 g/mol. The molecule has 0 heterocycles. The predicted octanol–water partition coefficient (Wildman–Crippen LogP) is 0.711. The molecule has 15 heavy (non-hydrogen) atoms. The van der Waals surface area contributed by atoms with Crippen LogP contribution in [0.4, 0.5) is 13.2 Å². The number of guanidine groups is 1. The lowest BCUT2D eigenvalue weighted by molar-refractivity contribution is 0.494. The standard InChI is InChI=1S/C8H7F3N4/c9-5-2-7(11)6(10)1-4(5)3-14-15-8(12)13/h1-3H,(H4,12,13,15). The molecule has 0 aliphatic carbocycles. The molecule has 0 spiro atoms. The zero-order chi connectivity index (χ0) is 11.4. The number of nitrogens with zero attached hydrogens (tertiary/aromatic N) is 2. The maximum atomic E-state index is 12.9. The van der Waals surface area contributed by atoms with E-state index in [2.05, 4.69) is 10.2 Å². The van der Waals surface area contributed by atoms with Crippen LogP contribution in [-0.4, -0.2) is 12.2 Å². The fourth-order valence-corrected chi connectivity index (χ4v) is 0.795. The van der Waals surface area contributed by atoms with E-state index < -0.39 is 17.5 Å². The zero-order valence-corrected chi connectivity index (χ0v) is 7.42. The molecule has 0 radical (unpaired) electrons. The Morgan fingerprint density at radius 3 is 2.27 bits per heavy atom. The van der Waals surface area contributed by atoms with Crippen molar-refractivity contribution >= 4 is 12.2 Å². The topological polar surface area (TPSA) is 76.8 Å². The molecule has 0 aliphatic rings. The van der Waals surface area contributed by atoms with Crippen molar-refractivity contribution in [2.24, 2.45) is 21.7 Å². The van der Waals surface area contributed by atoms with Gasteiger partial charge in [-0.15, -0.1) is 5.10 Å². The molecule has 0 aromatic heterocycles. The number of hydrogen-bond acceptors (Lipinski definition) is 2. The predicted molar refractivity (Wildman–Crippen MR) is 49.7 cm³/mol. The van der Waals surface area contributed by atoms with Gasteiger partial charge >= 0.3 is 0 Å². The number of hydrogen-bond donors (Lipinski definition) is 2. The molecule has 1 aromatic rings. The van der Waals surface area contributed by atoms with Crippen LogP contribution in [0.15, 0.2) is 22.3 Å². The van der Waals surface area contributed by atoms with Crippen molar-refractivity contribution < 1.29 is 13.2 Å². The SMILES string of the molecule is NC(N)=NN=Cc1cc(F)c(F)cc1F. The summed E-state index contributed by atoms with van der Waals surface area (Å²) in [5.74, 6) is -3.73. The summed E-state index contributed by atoms with van der Waals surface area (Å²) in [5, 5.41) is 6.43. The summed E-state index contributed by atoms with van der Waals surface area (Å²) in [4.78, 5) is 0. The highest BCUT2D eigenvalue weighted by molar-refractivity contribution is 5.81. The molecule has 0 aliphatic heterocycles. The van der Waals surface area contributed by atoms with E-state index in [0.29, 0.717) is 12.1 Å². The van der Waals surface area contributed by atoms with Crippen molar-refractivity contribution in [1.82, 2.24) is 0 Å². The fraction of sp³-hybridized carbons (Fsp3) is 0. The van der Waals surface area contributed by atoms with Gasteiger partial charge in [0.2, 0.25) is 5.96 Å². The molecular weight excluding hydrogens is 209 g/mol. The summed E-state index contributed by atoms with van der Waals surface area (Å²) in [6.07, 6.45) is 0.873. The van der Waals surface area contributed by atoms with E-state index >= 15 is 0 Å². The second-order valence-corrected chi connectivity index (χ2v) is 2.56. The minimum Gasteiger partial charge on any atom is -0.369 e. The molecule has 0 saturated heterocycles. The van der Waals surface area contributed by atoms with E-state index in [1.165, 1.54) is 0 Å². The van der Waals surface area contributed by atoms with Crippen LogP contribution in [0.1, 0.15) is 5.56 Å². The van der Waals surface area contributed by atoms with Gasteiger partial charge < -0.3 is 11.5 Å². The van der Waals surface area contributed by atoms with E-state index in [-0.39, 0.29) is 11.5 Å². The number of nitrogens with two attached hydrogens (primary N) is 2. The first kappa shape index (κ1) is 11.0. The first-order chi connectivity index (χ1) is 7.00.